The zero-order valence-corrected chi connectivity index (χ0v) is 15.3. The highest BCUT2D eigenvalue weighted by Gasteiger charge is 2.41. The first-order valence-corrected chi connectivity index (χ1v) is 8.90. The molecule has 0 radical (unpaired) electrons. The topological polar surface area (TPSA) is 64.1 Å². The monoisotopic (exact) mass is 385 g/mol. The third kappa shape index (κ3) is 3.67. The Kier molecular flexibility index (Phi) is 4.68. The number of methoxy groups -OCH3 is 1. The molecule has 26 heavy (non-hydrogen) atoms. The van der Waals surface area contributed by atoms with Crippen LogP contribution in [0.3, 0.4) is 0 Å². The van der Waals surface area contributed by atoms with Crippen molar-refractivity contribution in [2.24, 2.45) is 0 Å². The van der Waals surface area contributed by atoms with Crippen molar-refractivity contribution in [3.63, 3.8) is 0 Å². The highest BCUT2D eigenvalue weighted by molar-refractivity contribution is 7.09. The van der Waals surface area contributed by atoms with Crippen LogP contribution in [0.15, 0.2) is 17.6 Å². The summed E-state index contributed by atoms with van der Waals surface area (Å²) in [6.07, 6.45) is -1.66. The third-order valence-electron chi connectivity index (χ3n) is 4.11. The van der Waals surface area contributed by atoms with Gasteiger partial charge < -0.3 is 10.1 Å². The Morgan fingerprint density at radius 3 is 2.54 bits per heavy atom. The Bertz CT molecular complexity index is 815. The van der Waals surface area contributed by atoms with Gasteiger partial charge in [-0.25, -0.2) is 9.97 Å². The minimum Gasteiger partial charge on any atom is -0.494 e. The van der Waals surface area contributed by atoms with Crippen molar-refractivity contribution in [3.8, 4) is 5.75 Å². The second-order valence-corrected chi connectivity index (χ2v) is 7.56. The number of carbonyl (C=O) groups excluding carboxylic acids is 1. The fourth-order valence-corrected chi connectivity index (χ4v) is 3.37. The molecule has 0 bridgehead atoms. The summed E-state index contributed by atoms with van der Waals surface area (Å²) in [4.78, 5) is 21.0. The Morgan fingerprint density at radius 2 is 2.04 bits per heavy atom. The van der Waals surface area contributed by atoms with E-state index in [-0.39, 0.29) is 23.1 Å². The van der Waals surface area contributed by atoms with E-state index < -0.39 is 23.2 Å². The maximum Gasteiger partial charge on any atom is 0.418 e. The number of carbonyl (C=O) groups is 1. The van der Waals surface area contributed by atoms with Crippen LogP contribution in [-0.2, 0) is 11.7 Å². The molecule has 3 rings (SSSR count). The summed E-state index contributed by atoms with van der Waals surface area (Å²) >= 11 is 1.37. The molecule has 2 aromatic heterocycles. The number of amides is 1. The molecule has 1 fully saturated rings. The number of ether oxygens (including phenoxy) is 1. The number of aromatic nitrogens is 2. The van der Waals surface area contributed by atoms with Gasteiger partial charge in [0, 0.05) is 17.5 Å². The van der Waals surface area contributed by atoms with Gasteiger partial charge in [-0.2, -0.15) is 13.2 Å². The van der Waals surface area contributed by atoms with Crippen LogP contribution in [-0.4, -0.2) is 23.0 Å². The smallest absolute Gasteiger partial charge is 0.418 e. The van der Waals surface area contributed by atoms with Gasteiger partial charge >= 0.3 is 6.18 Å². The molecule has 1 aliphatic carbocycles. The van der Waals surface area contributed by atoms with Crippen LogP contribution < -0.4 is 10.1 Å². The summed E-state index contributed by atoms with van der Waals surface area (Å²) in [7, 11) is 1.22. The van der Waals surface area contributed by atoms with Crippen molar-refractivity contribution in [3.05, 3.63) is 39.6 Å². The summed E-state index contributed by atoms with van der Waals surface area (Å²) in [6, 6.07) is 0.867. The lowest BCUT2D eigenvalue weighted by atomic mass is 10.0. The van der Waals surface area contributed by atoms with E-state index in [0.29, 0.717) is 17.8 Å². The maximum absolute atomic E-state index is 13.3. The van der Waals surface area contributed by atoms with E-state index in [0.717, 1.165) is 6.07 Å². The summed E-state index contributed by atoms with van der Waals surface area (Å²) in [5, 5.41) is 5.24. The molecule has 1 saturated carbocycles. The number of rotatable bonds is 5. The predicted molar refractivity (Wildman–Crippen MR) is 90.4 cm³/mol. The molecule has 0 atom stereocenters. The second kappa shape index (κ2) is 6.53. The lowest BCUT2D eigenvalue weighted by Gasteiger charge is -2.24. The van der Waals surface area contributed by atoms with Crippen LogP contribution in [0, 0.1) is 0 Å². The number of alkyl halides is 3. The maximum atomic E-state index is 13.3. The molecule has 2 aromatic rings. The molecular formula is C17H18F3N3O2S. The minimum atomic E-state index is -4.55. The zero-order valence-electron chi connectivity index (χ0n) is 14.5. The van der Waals surface area contributed by atoms with E-state index in [9.17, 15) is 18.0 Å². The fourth-order valence-electron chi connectivity index (χ4n) is 2.65. The van der Waals surface area contributed by atoms with Crippen molar-refractivity contribution in [2.45, 2.75) is 44.3 Å². The predicted octanol–water partition coefficient (Wildman–Crippen LogP) is 4.11. The second-order valence-electron chi connectivity index (χ2n) is 6.66. The number of nitrogens with one attached hydrogen (secondary N) is 1. The van der Waals surface area contributed by atoms with E-state index in [1.165, 1.54) is 18.4 Å². The van der Waals surface area contributed by atoms with Crippen LogP contribution in [0.25, 0.3) is 0 Å². The summed E-state index contributed by atoms with van der Waals surface area (Å²) in [5.74, 6) is -1.07. The van der Waals surface area contributed by atoms with Crippen LogP contribution in [0.2, 0.25) is 0 Å². The fraction of sp³-hybridized carbons (Fsp3) is 0.471. The van der Waals surface area contributed by atoms with Gasteiger partial charge in [-0.15, -0.1) is 11.3 Å². The Morgan fingerprint density at radius 1 is 1.35 bits per heavy atom. The molecule has 0 aliphatic heterocycles. The number of thiazole rings is 1. The normalized spacial score (nSPS) is 15.0. The first-order valence-electron chi connectivity index (χ1n) is 8.02. The molecule has 1 aliphatic rings. The highest BCUT2D eigenvalue weighted by atomic mass is 32.1. The van der Waals surface area contributed by atoms with Crippen molar-refractivity contribution >= 4 is 17.2 Å². The molecule has 0 unspecified atom stereocenters. The van der Waals surface area contributed by atoms with Gasteiger partial charge in [0.05, 0.1) is 23.9 Å². The highest BCUT2D eigenvalue weighted by Crippen LogP contribution is 2.46. The van der Waals surface area contributed by atoms with Crippen molar-refractivity contribution in [2.75, 3.05) is 7.11 Å². The molecule has 140 valence electrons. The van der Waals surface area contributed by atoms with Crippen molar-refractivity contribution in [1.29, 1.82) is 0 Å². The molecule has 0 saturated heterocycles. The van der Waals surface area contributed by atoms with Crippen molar-refractivity contribution in [1.82, 2.24) is 15.3 Å². The summed E-state index contributed by atoms with van der Waals surface area (Å²) < 4.78 is 45.0. The Hall–Kier alpha value is -2.16. The van der Waals surface area contributed by atoms with Gasteiger partial charge in [-0.05, 0) is 32.8 Å². The molecule has 1 amide bonds. The molecule has 9 heteroatoms. The van der Waals surface area contributed by atoms with Gasteiger partial charge in [-0.1, -0.05) is 0 Å². The van der Waals surface area contributed by atoms with Gasteiger partial charge in [-0.3, -0.25) is 4.79 Å². The standard InChI is InChI=1S/C17H18F3N3O2S/c1-16(2,15-21-6-7-26-15)23-14(24)13-11(25-3)8-10(17(18,19)20)12(22-13)9-4-5-9/h6-9H,4-5H2,1-3H3,(H,23,24). The van der Waals surface area contributed by atoms with Crippen LogP contribution >= 0.6 is 11.3 Å². The minimum absolute atomic E-state index is 0.0875. The molecule has 2 heterocycles. The van der Waals surface area contributed by atoms with Gasteiger partial charge in [0.1, 0.15) is 5.01 Å². The quantitative estimate of drug-likeness (QED) is 0.841. The number of pyridine rings is 1. The summed E-state index contributed by atoms with van der Waals surface area (Å²) in [5.41, 5.74) is -1.87. The molecular weight excluding hydrogens is 367 g/mol. The largest absolute Gasteiger partial charge is 0.494 e. The lowest BCUT2D eigenvalue weighted by Crippen LogP contribution is -2.41. The molecule has 0 aromatic carbocycles. The molecule has 1 N–H and O–H groups in total. The van der Waals surface area contributed by atoms with E-state index in [2.05, 4.69) is 15.3 Å². The number of hydrogen-bond acceptors (Lipinski definition) is 5. The SMILES string of the molecule is COc1cc(C(F)(F)F)c(C2CC2)nc1C(=O)NC(C)(C)c1nccs1. The van der Waals surface area contributed by atoms with E-state index >= 15 is 0 Å². The Labute approximate surface area is 152 Å². The number of nitrogens with zero attached hydrogens (tertiary/aromatic N) is 2. The average Bonchev–Trinajstić information content (AvgIpc) is 3.24. The first-order chi connectivity index (χ1) is 12.1. The van der Waals surface area contributed by atoms with Gasteiger partial charge in [0.15, 0.2) is 11.4 Å². The van der Waals surface area contributed by atoms with Gasteiger partial charge in [0.2, 0.25) is 0 Å². The number of halogens is 3. The zero-order chi connectivity index (χ0) is 19.1. The Balaban J connectivity index is 1.98. The van der Waals surface area contributed by atoms with E-state index in [1.807, 2.05) is 0 Å². The summed E-state index contributed by atoms with van der Waals surface area (Å²) in [6.45, 7) is 3.53. The number of hydrogen-bond donors (Lipinski definition) is 1. The molecule has 5 nitrogen and oxygen atoms in total. The van der Waals surface area contributed by atoms with E-state index in [4.69, 9.17) is 4.74 Å². The van der Waals surface area contributed by atoms with Crippen molar-refractivity contribution < 1.29 is 22.7 Å². The van der Waals surface area contributed by atoms with E-state index in [1.54, 1.807) is 25.4 Å². The van der Waals surface area contributed by atoms with Crippen LogP contribution in [0.5, 0.6) is 5.75 Å². The average molecular weight is 385 g/mol. The van der Waals surface area contributed by atoms with Crippen LogP contribution in [0.1, 0.15) is 59.4 Å². The van der Waals surface area contributed by atoms with Gasteiger partial charge in [0.25, 0.3) is 5.91 Å². The third-order valence-corrected chi connectivity index (χ3v) is 5.21. The van der Waals surface area contributed by atoms with Crippen LogP contribution in [0.4, 0.5) is 13.2 Å². The molecule has 0 spiro atoms. The first kappa shape index (κ1) is 18.6. The lowest BCUT2D eigenvalue weighted by molar-refractivity contribution is -0.138.